The van der Waals surface area contributed by atoms with Crippen LogP contribution in [-0.2, 0) is 18.5 Å². The van der Waals surface area contributed by atoms with E-state index in [4.69, 9.17) is 20.2 Å². The van der Waals surface area contributed by atoms with Crippen LogP contribution in [0.5, 0.6) is 0 Å². The number of carbonyl (C=O) groups excluding carboxylic acids is 1. The maximum Gasteiger partial charge on any atom is 0.341 e. The van der Waals surface area contributed by atoms with Crippen LogP contribution >= 0.6 is 26.6 Å². The summed E-state index contributed by atoms with van der Waals surface area (Å²) in [5.74, 6) is -2.21. The normalized spacial score (nSPS) is 11.4. The number of carbonyl (C=O) groups is 1. The smallest absolute Gasteiger partial charge is 0.341 e. The van der Waals surface area contributed by atoms with Gasteiger partial charge in [0.2, 0.25) is 0 Å². The van der Waals surface area contributed by atoms with Gasteiger partial charge in [-0.25, -0.2) is 17.6 Å². The van der Waals surface area contributed by atoms with E-state index in [9.17, 15) is 17.6 Å². The van der Waals surface area contributed by atoms with E-state index in [0.717, 1.165) is 12.1 Å². The first-order chi connectivity index (χ1) is 9.27. The first-order valence-corrected chi connectivity index (χ1v) is 8.47. The molecule has 0 heterocycles. The number of rotatable bonds is 6. The molecule has 0 fully saturated rings. The van der Waals surface area contributed by atoms with Crippen molar-refractivity contribution in [3.63, 3.8) is 0 Å². The highest BCUT2D eigenvalue weighted by molar-refractivity contribution is 9.10. The molecule has 1 aromatic rings. The number of ether oxygens (including phenoxy) is 2. The van der Waals surface area contributed by atoms with E-state index in [0.29, 0.717) is 13.0 Å². The summed E-state index contributed by atoms with van der Waals surface area (Å²) in [6.45, 7) is 0.414. The Bertz CT molecular complexity index is 605. The predicted molar refractivity (Wildman–Crippen MR) is 73.9 cm³/mol. The summed E-state index contributed by atoms with van der Waals surface area (Å²) in [5.41, 5.74) is -0.504. The predicted octanol–water partition coefficient (Wildman–Crippen LogP) is 2.71. The Hall–Kier alpha value is -0.700. The molecular weight excluding hydrogens is 379 g/mol. The molecule has 0 spiro atoms. The number of benzene rings is 1. The van der Waals surface area contributed by atoms with E-state index < -0.39 is 31.3 Å². The highest BCUT2D eigenvalue weighted by Gasteiger charge is 2.24. The van der Waals surface area contributed by atoms with Gasteiger partial charge in [-0.05, 0) is 12.1 Å². The second-order valence-corrected chi connectivity index (χ2v) is 7.14. The highest BCUT2D eigenvalue weighted by Crippen LogP contribution is 2.27. The number of halogens is 3. The van der Waals surface area contributed by atoms with Gasteiger partial charge in [0.05, 0.1) is 12.2 Å². The molecule has 0 atom stereocenters. The fourth-order valence-electron chi connectivity index (χ4n) is 1.34. The van der Waals surface area contributed by atoms with Gasteiger partial charge in [-0.3, -0.25) is 0 Å². The second-order valence-electron chi connectivity index (χ2n) is 3.69. The highest BCUT2D eigenvalue weighted by atomic mass is 79.9. The van der Waals surface area contributed by atoms with E-state index in [1.165, 1.54) is 7.11 Å². The van der Waals surface area contributed by atoms with Crippen LogP contribution in [0.3, 0.4) is 0 Å². The van der Waals surface area contributed by atoms with Crippen molar-refractivity contribution in [3.8, 4) is 0 Å². The Morgan fingerprint density at radius 3 is 2.60 bits per heavy atom. The molecule has 0 unspecified atom stereocenters. The Balaban J connectivity index is 3.01. The van der Waals surface area contributed by atoms with Crippen LogP contribution in [0.15, 0.2) is 21.5 Å². The molecule has 5 nitrogen and oxygen atoms in total. The van der Waals surface area contributed by atoms with Crippen molar-refractivity contribution in [3.05, 3.63) is 28.0 Å². The third kappa shape index (κ3) is 4.69. The molecule has 0 aliphatic heterocycles. The van der Waals surface area contributed by atoms with Crippen molar-refractivity contribution < 1.29 is 27.1 Å². The summed E-state index contributed by atoms with van der Waals surface area (Å²) in [7, 11) is 2.29. The molecule has 112 valence electrons. The Kier molecular flexibility index (Phi) is 6.38. The fourth-order valence-corrected chi connectivity index (χ4v) is 2.87. The minimum atomic E-state index is -4.30. The minimum Gasteiger partial charge on any atom is -0.462 e. The molecular formula is C11H11BrClFO5S. The maximum atomic E-state index is 14.0. The third-order valence-corrected chi connectivity index (χ3v) is 3.99. The lowest BCUT2D eigenvalue weighted by molar-refractivity contribution is 0.0462. The summed E-state index contributed by atoms with van der Waals surface area (Å²) < 4.78 is 46.2. The monoisotopic (exact) mass is 388 g/mol. The van der Waals surface area contributed by atoms with Crippen molar-refractivity contribution in [2.24, 2.45) is 0 Å². The average molecular weight is 390 g/mol. The summed E-state index contributed by atoms with van der Waals surface area (Å²) in [6, 6.07) is 2.10. The van der Waals surface area contributed by atoms with Gasteiger partial charge < -0.3 is 9.47 Å². The quantitative estimate of drug-likeness (QED) is 0.425. The lowest BCUT2D eigenvalue weighted by Gasteiger charge is -2.08. The topological polar surface area (TPSA) is 69.7 Å². The fraction of sp³-hybridized carbons (Fsp3) is 0.364. The van der Waals surface area contributed by atoms with Gasteiger partial charge in [0.25, 0.3) is 9.05 Å². The van der Waals surface area contributed by atoms with E-state index in [1.807, 2.05) is 0 Å². The molecule has 9 heteroatoms. The number of methoxy groups -OCH3 is 1. The van der Waals surface area contributed by atoms with Crippen LogP contribution in [0.25, 0.3) is 0 Å². The van der Waals surface area contributed by atoms with Crippen molar-refractivity contribution >= 4 is 41.6 Å². The van der Waals surface area contributed by atoms with Crippen LogP contribution in [0.2, 0.25) is 0 Å². The number of esters is 1. The molecule has 20 heavy (non-hydrogen) atoms. The van der Waals surface area contributed by atoms with Gasteiger partial charge in [-0.15, -0.1) is 0 Å². The van der Waals surface area contributed by atoms with Crippen LogP contribution in [-0.4, -0.2) is 34.7 Å². The standard InChI is InChI=1S/C11H11BrClFO5S/c1-18-3-2-4-19-11(15)8-5-7(12)6-9(10(8)14)20(13,16)17/h5-6H,2-4H2,1H3. The molecule has 0 aromatic heterocycles. The largest absolute Gasteiger partial charge is 0.462 e. The lowest BCUT2D eigenvalue weighted by atomic mass is 10.2. The summed E-state index contributed by atoms with van der Waals surface area (Å²) >= 11 is 2.98. The van der Waals surface area contributed by atoms with Gasteiger partial charge in [0, 0.05) is 35.3 Å². The van der Waals surface area contributed by atoms with Crippen LogP contribution in [0, 0.1) is 5.82 Å². The molecule has 1 aromatic carbocycles. The average Bonchev–Trinajstić information content (AvgIpc) is 2.35. The number of hydrogen-bond donors (Lipinski definition) is 0. The van der Waals surface area contributed by atoms with Gasteiger partial charge in [0.1, 0.15) is 4.90 Å². The Morgan fingerprint density at radius 1 is 1.40 bits per heavy atom. The van der Waals surface area contributed by atoms with Crippen LogP contribution in [0.1, 0.15) is 16.8 Å². The zero-order valence-electron chi connectivity index (χ0n) is 10.4. The molecule has 0 N–H and O–H groups in total. The van der Waals surface area contributed by atoms with Crippen molar-refractivity contribution in [1.29, 1.82) is 0 Å². The molecule has 0 bridgehead atoms. The summed E-state index contributed by atoms with van der Waals surface area (Å²) in [4.78, 5) is 10.9. The van der Waals surface area contributed by atoms with Gasteiger partial charge in [0.15, 0.2) is 5.82 Å². The van der Waals surface area contributed by atoms with Gasteiger partial charge >= 0.3 is 5.97 Å². The molecule has 0 amide bonds. The van der Waals surface area contributed by atoms with E-state index in [2.05, 4.69) is 15.9 Å². The molecule has 0 saturated heterocycles. The van der Waals surface area contributed by atoms with Crippen molar-refractivity contribution in [2.75, 3.05) is 20.3 Å². The van der Waals surface area contributed by atoms with Crippen molar-refractivity contribution in [2.45, 2.75) is 11.3 Å². The number of hydrogen-bond acceptors (Lipinski definition) is 5. The summed E-state index contributed by atoms with van der Waals surface area (Å²) in [6.07, 6.45) is 0.443. The maximum absolute atomic E-state index is 14.0. The zero-order valence-corrected chi connectivity index (χ0v) is 13.5. The van der Waals surface area contributed by atoms with Crippen LogP contribution in [0.4, 0.5) is 4.39 Å². The second kappa shape index (κ2) is 7.35. The Morgan fingerprint density at radius 2 is 2.05 bits per heavy atom. The SMILES string of the molecule is COCCCOC(=O)c1cc(Br)cc(S(=O)(=O)Cl)c1F. The lowest BCUT2D eigenvalue weighted by Crippen LogP contribution is -2.12. The van der Waals surface area contributed by atoms with E-state index >= 15 is 0 Å². The first kappa shape index (κ1) is 17.4. The van der Waals surface area contributed by atoms with Gasteiger partial charge in [-0.2, -0.15) is 0 Å². The molecule has 1 rings (SSSR count). The summed E-state index contributed by atoms with van der Waals surface area (Å²) in [5, 5.41) is 0. The first-order valence-electron chi connectivity index (χ1n) is 5.37. The van der Waals surface area contributed by atoms with E-state index in [-0.39, 0.29) is 11.1 Å². The third-order valence-electron chi connectivity index (χ3n) is 2.21. The van der Waals surface area contributed by atoms with E-state index in [1.54, 1.807) is 0 Å². The molecule has 0 radical (unpaired) electrons. The Labute approximate surface area is 128 Å². The van der Waals surface area contributed by atoms with Gasteiger partial charge in [-0.1, -0.05) is 15.9 Å². The zero-order chi connectivity index (χ0) is 15.3. The molecule has 0 saturated carbocycles. The minimum absolute atomic E-state index is 0.0294. The molecule has 0 aliphatic carbocycles. The van der Waals surface area contributed by atoms with Crippen molar-refractivity contribution in [1.82, 2.24) is 0 Å². The van der Waals surface area contributed by atoms with Crippen LogP contribution < -0.4 is 0 Å². The molecule has 0 aliphatic rings.